The Morgan fingerprint density at radius 3 is 2.50 bits per heavy atom. The third-order valence-electron chi connectivity index (χ3n) is 3.32. The second-order valence-corrected chi connectivity index (χ2v) is 5.05. The molecule has 0 fully saturated rings. The van der Waals surface area contributed by atoms with E-state index in [9.17, 15) is 0 Å². The molecule has 20 heavy (non-hydrogen) atoms. The van der Waals surface area contributed by atoms with Crippen LogP contribution in [-0.4, -0.2) is 17.0 Å². The smallest absolute Gasteiger partial charge is 0.146 e. The Labute approximate surface area is 119 Å². The molecule has 0 spiro atoms. The Balaban J connectivity index is 2.23. The van der Waals surface area contributed by atoms with Gasteiger partial charge in [-0.2, -0.15) is 5.26 Å². The Kier molecular flexibility index (Phi) is 3.99. The van der Waals surface area contributed by atoms with Crippen molar-refractivity contribution in [3.05, 3.63) is 52.5 Å². The number of anilines is 1. The highest BCUT2D eigenvalue weighted by Crippen LogP contribution is 2.16. The van der Waals surface area contributed by atoms with Crippen LogP contribution >= 0.6 is 0 Å². The highest BCUT2D eigenvalue weighted by atomic mass is 15.2. The Bertz CT molecular complexity index is 671. The molecule has 0 aliphatic carbocycles. The van der Waals surface area contributed by atoms with Gasteiger partial charge >= 0.3 is 0 Å². The van der Waals surface area contributed by atoms with Crippen LogP contribution in [0.2, 0.25) is 0 Å². The zero-order valence-corrected chi connectivity index (χ0v) is 12.3. The van der Waals surface area contributed by atoms with Crippen molar-refractivity contribution in [1.82, 2.24) is 9.97 Å². The molecule has 0 aliphatic heterocycles. The van der Waals surface area contributed by atoms with E-state index in [-0.39, 0.29) is 0 Å². The predicted octanol–water partition coefficient (Wildman–Crippen LogP) is 2.91. The minimum atomic E-state index is 0.402. The molecule has 0 radical (unpaired) electrons. The lowest BCUT2D eigenvalue weighted by atomic mass is 10.1. The van der Waals surface area contributed by atoms with Crippen molar-refractivity contribution in [2.45, 2.75) is 27.3 Å². The molecule has 1 aromatic heterocycles. The van der Waals surface area contributed by atoms with Crippen molar-refractivity contribution >= 4 is 5.82 Å². The van der Waals surface area contributed by atoms with Gasteiger partial charge in [-0.1, -0.05) is 18.2 Å². The molecule has 1 heterocycles. The summed E-state index contributed by atoms with van der Waals surface area (Å²) in [5, 5.41) is 8.97. The third-order valence-corrected chi connectivity index (χ3v) is 3.32. The van der Waals surface area contributed by atoms with E-state index >= 15 is 0 Å². The van der Waals surface area contributed by atoms with Crippen molar-refractivity contribution in [1.29, 1.82) is 5.26 Å². The Hall–Kier alpha value is -2.41. The van der Waals surface area contributed by atoms with E-state index < -0.39 is 0 Å². The molecule has 0 saturated heterocycles. The third kappa shape index (κ3) is 3.12. The van der Waals surface area contributed by atoms with E-state index in [2.05, 4.69) is 48.1 Å². The zero-order valence-electron chi connectivity index (χ0n) is 12.3. The van der Waals surface area contributed by atoms with Gasteiger partial charge in [0, 0.05) is 19.7 Å². The predicted molar refractivity (Wildman–Crippen MR) is 79.5 cm³/mol. The molecule has 4 heteroatoms. The molecule has 0 unspecified atom stereocenters. The van der Waals surface area contributed by atoms with Crippen molar-refractivity contribution in [2.24, 2.45) is 0 Å². The number of nitrogens with zero attached hydrogens (tertiary/aromatic N) is 4. The van der Waals surface area contributed by atoms with Gasteiger partial charge in [-0.3, -0.25) is 0 Å². The summed E-state index contributed by atoms with van der Waals surface area (Å²) in [5.41, 5.74) is 4.21. The molecule has 0 bridgehead atoms. The van der Waals surface area contributed by atoms with Gasteiger partial charge in [0.25, 0.3) is 0 Å². The fraction of sp³-hybridized carbons (Fsp3) is 0.312. The molecule has 0 atom stereocenters. The fourth-order valence-electron chi connectivity index (χ4n) is 2.06. The molecular formula is C16H18N4. The fourth-order valence-corrected chi connectivity index (χ4v) is 2.06. The summed E-state index contributed by atoms with van der Waals surface area (Å²) in [4.78, 5) is 10.5. The second kappa shape index (κ2) is 5.70. The monoisotopic (exact) mass is 266 g/mol. The summed E-state index contributed by atoms with van der Waals surface area (Å²) in [6, 6.07) is 10.2. The van der Waals surface area contributed by atoms with Crippen molar-refractivity contribution < 1.29 is 0 Å². The molecule has 0 saturated carbocycles. The largest absolute Gasteiger partial charge is 0.355 e. The van der Waals surface area contributed by atoms with Crippen molar-refractivity contribution in [3.63, 3.8) is 0 Å². The highest BCUT2D eigenvalue weighted by molar-refractivity contribution is 5.43. The summed E-state index contributed by atoms with van der Waals surface area (Å²) in [6.07, 6.45) is 0. The normalized spacial score (nSPS) is 10.2. The van der Waals surface area contributed by atoms with E-state index in [1.807, 2.05) is 11.9 Å². The van der Waals surface area contributed by atoms with Crippen LogP contribution in [0.4, 0.5) is 5.82 Å². The standard InChI is InChI=1S/C16H18N4/c1-11-5-6-14(7-12(11)2)10-20(4)16-8-15(9-17)18-13(3)19-16/h5-8H,10H2,1-4H3. The van der Waals surface area contributed by atoms with E-state index in [0.29, 0.717) is 11.5 Å². The van der Waals surface area contributed by atoms with Gasteiger partial charge in [0.1, 0.15) is 23.4 Å². The molecule has 2 rings (SSSR count). The first-order valence-corrected chi connectivity index (χ1v) is 6.52. The van der Waals surface area contributed by atoms with Crippen LogP contribution in [-0.2, 0) is 6.54 Å². The maximum absolute atomic E-state index is 8.97. The van der Waals surface area contributed by atoms with Gasteiger partial charge < -0.3 is 4.90 Å². The van der Waals surface area contributed by atoms with Gasteiger partial charge in [-0.25, -0.2) is 9.97 Å². The number of nitriles is 1. The van der Waals surface area contributed by atoms with E-state index in [4.69, 9.17) is 5.26 Å². The van der Waals surface area contributed by atoms with Crippen LogP contribution in [0.3, 0.4) is 0 Å². The lowest BCUT2D eigenvalue weighted by Gasteiger charge is -2.19. The number of rotatable bonds is 3. The average molecular weight is 266 g/mol. The van der Waals surface area contributed by atoms with Gasteiger partial charge in [0.15, 0.2) is 0 Å². The summed E-state index contributed by atoms with van der Waals surface area (Å²) in [6.45, 7) is 6.77. The maximum Gasteiger partial charge on any atom is 0.146 e. The van der Waals surface area contributed by atoms with Crippen LogP contribution < -0.4 is 4.90 Å². The van der Waals surface area contributed by atoms with Gasteiger partial charge in [-0.05, 0) is 37.5 Å². The first kappa shape index (κ1) is 14.0. The quantitative estimate of drug-likeness (QED) is 0.857. The highest BCUT2D eigenvalue weighted by Gasteiger charge is 2.07. The Morgan fingerprint density at radius 2 is 1.85 bits per heavy atom. The Morgan fingerprint density at radius 1 is 1.10 bits per heavy atom. The van der Waals surface area contributed by atoms with Crippen LogP contribution in [0.25, 0.3) is 0 Å². The molecule has 0 aliphatic rings. The maximum atomic E-state index is 8.97. The second-order valence-electron chi connectivity index (χ2n) is 5.05. The van der Waals surface area contributed by atoms with Gasteiger partial charge in [0.05, 0.1) is 0 Å². The average Bonchev–Trinajstić information content (AvgIpc) is 2.42. The SMILES string of the molecule is Cc1nc(C#N)cc(N(C)Cc2ccc(C)c(C)c2)n1. The molecule has 2 aromatic rings. The van der Waals surface area contributed by atoms with Crippen LogP contribution in [0.15, 0.2) is 24.3 Å². The molecule has 4 nitrogen and oxygen atoms in total. The van der Waals surface area contributed by atoms with Crippen LogP contribution in [0, 0.1) is 32.1 Å². The summed E-state index contributed by atoms with van der Waals surface area (Å²) < 4.78 is 0. The topological polar surface area (TPSA) is 52.8 Å². The van der Waals surface area contributed by atoms with Crippen molar-refractivity contribution in [3.8, 4) is 6.07 Å². The molecule has 1 aromatic carbocycles. The number of aromatic nitrogens is 2. The van der Waals surface area contributed by atoms with Crippen LogP contribution in [0.5, 0.6) is 0 Å². The lowest BCUT2D eigenvalue weighted by Crippen LogP contribution is -2.18. The van der Waals surface area contributed by atoms with Crippen LogP contribution in [0.1, 0.15) is 28.2 Å². The summed E-state index contributed by atoms with van der Waals surface area (Å²) in [7, 11) is 1.97. The minimum absolute atomic E-state index is 0.402. The van der Waals surface area contributed by atoms with Gasteiger partial charge in [0.2, 0.25) is 0 Å². The molecule has 0 amide bonds. The number of benzene rings is 1. The molecule has 102 valence electrons. The zero-order chi connectivity index (χ0) is 14.7. The van der Waals surface area contributed by atoms with Gasteiger partial charge in [-0.15, -0.1) is 0 Å². The first-order valence-electron chi connectivity index (χ1n) is 6.52. The summed E-state index contributed by atoms with van der Waals surface area (Å²) in [5.74, 6) is 1.39. The number of hydrogen-bond donors (Lipinski definition) is 0. The van der Waals surface area contributed by atoms with Crippen molar-refractivity contribution in [2.75, 3.05) is 11.9 Å². The molecular weight excluding hydrogens is 248 g/mol. The molecule has 0 N–H and O–H groups in total. The lowest BCUT2D eigenvalue weighted by molar-refractivity contribution is 0.875. The van der Waals surface area contributed by atoms with E-state index in [1.54, 1.807) is 13.0 Å². The van der Waals surface area contributed by atoms with E-state index in [1.165, 1.54) is 16.7 Å². The first-order chi connectivity index (χ1) is 9.49. The minimum Gasteiger partial charge on any atom is -0.355 e. The number of hydrogen-bond acceptors (Lipinski definition) is 4. The summed E-state index contributed by atoms with van der Waals surface area (Å²) >= 11 is 0. The van der Waals surface area contributed by atoms with E-state index in [0.717, 1.165) is 12.4 Å². The number of aryl methyl sites for hydroxylation is 3.